The van der Waals surface area contributed by atoms with Gasteiger partial charge in [-0.1, -0.05) is 30.3 Å². The lowest BCUT2D eigenvalue weighted by Gasteiger charge is -2.04. The Morgan fingerprint density at radius 1 is 1.33 bits per heavy atom. The van der Waals surface area contributed by atoms with Crippen LogP contribution < -0.4 is 10.5 Å². The summed E-state index contributed by atoms with van der Waals surface area (Å²) in [6.07, 6.45) is 0.577. The zero-order valence-corrected chi connectivity index (χ0v) is 8.92. The minimum absolute atomic E-state index is 0.242. The van der Waals surface area contributed by atoms with E-state index in [1.54, 1.807) is 0 Å². The summed E-state index contributed by atoms with van der Waals surface area (Å²) < 4.78 is 24.3. The number of nitrogens with one attached hydrogen (secondary N) is 2. The molecule has 0 aliphatic heterocycles. The fourth-order valence-corrected chi connectivity index (χ4v) is 1.58. The highest BCUT2D eigenvalue weighted by atomic mass is 32.2. The van der Waals surface area contributed by atoms with Crippen molar-refractivity contribution in [1.82, 2.24) is 4.72 Å². The second-order valence-corrected chi connectivity index (χ2v) is 4.73. The van der Waals surface area contributed by atoms with E-state index in [0.717, 1.165) is 5.56 Å². The summed E-state index contributed by atoms with van der Waals surface area (Å²) in [5.41, 5.74) is 5.91. The molecule has 0 aromatic heterocycles. The molecule has 0 aliphatic rings. The monoisotopic (exact) mass is 227 g/mol. The first-order valence-electron chi connectivity index (χ1n) is 4.40. The van der Waals surface area contributed by atoms with Gasteiger partial charge < -0.3 is 5.73 Å². The van der Waals surface area contributed by atoms with E-state index < -0.39 is 15.2 Å². The summed E-state index contributed by atoms with van der Waals surface area (Å²) in [5.74, 6) is 0. The molecule has 0 spiro atoms. The lowest BCUT2D eigenvalue weighted by Crippen LogP contribution is -2.36. The zero-order chi connectivity index (χ0) is 11.3. The molecule has 0 fully saturated rings. The average molecular weight is 227 g/mol. The molecule has 15 heavy (non-hydrogen) atoms. The highest BCUT2D eigenvalue weighted by Crippen LogP contribution is 1.98. The second-order valence-electron chi connectivity index (χ2n) is 3.00. The van der Waals surface area contributed by atoms with Crippen molar-refractivity contribution >= 4 is 15.2 Å². The summed E-state index contributed by atoms with van der Waals surface area (Å²) in [6, 6.07) is 9.47. The Hall–Kier alpha value is -1.40. The molecule has 0 bridgehead atoms. The number of sulfonamides is 1. The molecule has 6 heteroatoms. The molecule has 0 atom stereocenters. The molecule has 0 amide bonds. The summed E-state index contributed by atoms with van der Waals surface area (Å²) in [6.45, 7) is 0.242. The Kier molecular flexibility index (Phi) is 3.81. The van der Waals surface area contributed by atoms with Crippen molar-refractivity contribution in [3.8, 4) is 0 Å². The van der Waals surface area contributed by atoms with E-state index >= 15 is 0 Å². The highest BCUT2D eigenvalue weighted by Gasteiger charge is 2.12. The predicted molar refractivity (Wildman–Crippen MR) is 59.0 cm³/mol. The summed E-state index contributed by atoms with van der Waals surface area (Å²) >= 11 is 0. The Morgan fingerprint density at radius 3 is 2.47 bits per heavy atom. The maximum Gasteiger partial charge on any atom is 0.273 e. The fraction of sp³-hybridized carbons (Fsp3) is 0.222. The van der Waals surface area contributed by atoms with Crippen LogP contribution in [0.1, 0.15) is 5.56 Å². The first-order valence-corrected chi connectivity index (χ1v) is 5.88. The maximum atomic E-state index is 11.1. The molecule has 5 nitrogen and oxygen atoms in total. The van der Waals surface area contributed by atoms with Gasteiger partial charge >= 0.3 is 0 Å². The van der Waals surface area contributed by atoms with E-state index in [-0.39, 0.29) is 6.54 Å². The van der Waals surface area contributed by atoms with E-state index in [9.17, 15) is 8.42 Å². The third-order valence-electron chi connectivity index (χ3n) is 1.84. The van der Waals surface area contributed by atoms with Crippen molar-refractivity contribution in [1.29, 1.82) is 5.41 Å². The van der Waals surface area contributed by atoms with Gasteiger partial charge in [0.1, 0.15) is 0 Å². The lowest BCUT2D eigenvalue weighted by atomic mass is 10.2. The molecule has 0 unspecified atom stereocenters. The number of hydrogen-bond donors (Lipinski definition) is 3. The number of benzene rings is 1. The van der Waals surface area contributed by atoms with Gasteiger partial charge in [-0.15, -0.1) is 0 Å². The van der Waals surface area contributed by atoms with E-state index in [0.29, 0.717) is 6.42 Å². The Balaban J connectivity index is 2.44. The van der Waals surface area contributed by atoms with Crippen LogP contribution in [0.2, 0.25) is 0 Å². The minimum Gasteiger partial charge on any atom is -0.373 e. The molecule has 0 saturated heterocycles. The molecular formula is C9H13N3O2S. The summed E-state index contributed by atoms with van der Waals surface area (Å²) in [7, 11) is -3.76. The maximum absolute atomic E-state index is 11.1. The largest absolute Gasteiger partial charge is 0.373 e. The standard InChI is InChI=1S/C9H13N3O2S/c10-9(11)15(13,14)12-7-6-8-4-2-1-3-5-8/h1-5,12H,6-7H2,(H3,10,11). The van der Waals surface area contributed by atoms with Crippen molar-refractivity contribution in [2.45, 2.75) is 6.42 Å². The van der Waals surface area contributed by atoms with Gasteiger partial charge in [0, 0.05) is 6.54 Å². The van der Waals surface area contributed by atoms with Crippen LogP contribution in [0.5, 0.6) is 0 Å². The molecule has 0 aliphatic carbocycles. The molecule has 1 aromatic carbocycles. The second kappa shape index (κ2) is 4.90. The quantitative estimate of drug-likeness (QED) is 0.500. The highest BCUT2D eigenvalue weighted by molar-refractivity contribution is 8.04. The number of amidine groups is 1. The summed E-state index contributed by atoms with van der Waals surface area (Å²) in [5, 5.41) is 5.96. The van der Waals surface area contributed by atoms with Crippen molar-refractivity contribution in [2.24, 2.45) is 5.73 Å². The Morgan fingerprint density at radius 2 is 1.93 bits per heavy atom. The van der Waals surface area contributed by atoms with Crippen LogP contribution in [0.25, 0.3) is 0 Å². The minimum atomic E-state index is -3.76. The molecule has 1 rings (SSSR count). The molecule has 0 heterocycles. The van der Waals surface area contributed by atoms with Crippen LogP contribution in [-0.2, 0) is 16.4 Å². The SMILES string of the molecule is N=C(N)S(=O)(=O)NCCc1ccccc1. The van der Waals surface area contributed by atoms with Crippen LogP contribution >= 0.6 is 0 Å². The summed E-state index contributed by atoms with van der Waals surface area (Å²) in [4.78, 5) is 0. The predicted octanol–water partition coefficient (Wildman–Crippen LogP) is 0.0420. The van der Waals surface area contributed by atoms with Gasteiger partial charge in [0.15, 0.2) is 0 Å². The molecule has 4 N–H and O–H groups in total. The van der Waals surface area contributed by atoms with E-state index in [1.165, 1.54) is 0 Å². The third-order valence-corrected chi connectivity index (χ3v) is 3.00. The molecule has 82 valence electrons. The zero-order valence-electron chi connectivity index (χ0n) is 8.10. The van der Waals surface area contributed by atoms with Gasteiger partial charge in [0.2, 0.25) is 5.17 Å². The smallest absolute Gasteiger partial charge is 0.273 e. The number of nitrogens with two attached hydrogens (primary N) is 1. The van der Waals surface area contributed by atoms with Crippen LogP contribution in [0.4, 0.5) is 0 Å². The normalized spacial score (nSPS) is 11.2. The van der Waals surface area contributed by atoms with Crippen LogP contribution in [0.15, 0.2) is 30.3 Å². The number of hydrogen-bond acceptors (Lipinski definition) is 3. The van der Waals surface area contributed by atoms with Gasteiger partial charge in [-0.05, 0) is 12.0 Å². The van der Waals surface area contributed by atoms with Crippen molar-refractivity contribution in [2.75, 3.05) is 6.54 Å². The number of rotatable bonds is 4. The van der Waals surface area contributed by atoms with Gasteiger partial charge in [-0.25, -0.2) is 13.1 Å². The van der Waals surface area contributed by atoms with Crippen LogP contribution in [0, 0.1) is 5.41 Å². The van der Waals surface area contributed by atoms with Crippen molar-refractivity contribution < 1.29 is 8.42 Å². The average Bonchev–Trinajstić information content (AvgIpc) is 2.19. The van der Waals surface area contributed by atoms with Gasteiger partial charge in [0.25, 0.3) is 10.0 Å². The van der Waals surface area contributed by atoms with Crippen LogP contribution in [-0.4, -0.2) is 20.1 Å². The first-order chi connectivity index (χ1) is 7.02. The lowest BCUT2D eigenvalue weighted by molar-refractivity contribution is 0.593. The van der Waals surface area contributed by atoms with Gasteiger partial charge in [-0.3, -0.25) is 5.41 Å². The van der Waals surface area contributed by atoms with Gasteiger partial charge in [0.05, 0.1) is 0 Å². The van der Waals surface area contributed by atoms with Crippen LogP contribution in [0.3, 0.4) is 0 Å². The van der Waals surface area contributed by atoms with E-state index in [2.05, 4.69) is 4.72 Å². The molecule has 1 aromatic rings. The van der Waals surface area contributed by atoms with Crippen molar-refractivity contribution in [3.63, 3.8) is 0 Å². The molecule has 0 saturated carbocycles. The Labute approximate surface area is 88.9 Å². The molecule has 0 radical (unpaired) electrons. The van der Waals surface area contributed by atoms with E-state index in [1.807, 2.05) is 30.3 Å². The van der Waals surface area contributed by atoms with Gasteiger partial charge in [-0.2, -0.15) is 0 Å². The topological polar surface area (TPSA) is 96.0 Å². The first kappa shape index (κ1) is 11.7. The van der Waals surface area contributed by atoms with Crippen molar-refractivity contribution in [3.05, 3.63) is 35.9 Å². The fourth-order valence-electron chi connectivity index (χ4n) is 1.05. The molecular weight excluding hydrogens is 214 g/mol. The van der Waals surface area contributed by atoms with E-state index in [4.69, 9.17) is 11.1 Å². The third kappa shape index (κ3) is 3.69. The Bertz CT molecular complexity index is 428.